The summed E-state index contributed by atoms with van der Waals surface area (Å²) in [7, 11) is 0. The molecule has 3 rings (SSSR count). The standard InChI is InChI=1S/C19H29N/c1-19(2)11-9-17(10-12-19)15-5-7-16(8-6-15)18-4-3-13-20-14-18/h5-8,17-18,20H,3-4,9-14H2,1-2H3. The molecule has 0 aromatic heterocycles. The van der Waals surface area contributed by atoms with E-state index in [1.165, 1.54) is 50.6 Å². The normalized spacial score (nSPS) is 27.4. The Kier molecular flexibility index (Phi) is 4.16. The fourth-order valence-corrected chi connectivity index (χ4v) is 3.91. The van der Waals surface area contributed by atoms with Gasteiger partial charge in [-0.2, -0.15) is 0 Å². The van der Waals surface area contributed by atoms with Crippen molar-refractivity contribution in [3.05, 3.63) is 35.4 Å². The first-order valence-electron chi connectivity index (χ1n) is 8.45. The van der Waals surface area contributed by atoms with Crippen LogP contribution in [0.5, 0.6) is 0 Å². The second-order valence-electron chi connectivity index (χ2n) is 7.65. The Hall–Kier alpha value is -0.820. The Labute approximate surface area is 124 Å². The second-order valence-corrected chi connectivity index (χ2v) is 7.65. The van der Waals surface area contributed by atoms with Gasteiger partial charge in [0.25, 0.3) is 0 Å². The van der Waals surface area contributed by atoms with Crippen molar-refractivity contribution in [1.29, 1.82) is 0 Å². The molecule has 110 valence electrons. The number of piperidine rings is 1. The second kappa shape index (κ2) is 5.89. The summed E-state index contributed by atoms with van der Waals surface area (Å²) < 4.78 is 0. The fraction of sp³-hybridized carbons (Fsp3) is 0.684. The molecule has 0 bridgehead atoms. The number of hydrogen-bond acceptors (Lipinski definition) is 1. The summed E-state index contributed by atoms with van der Waals surface area (Å²) in [5.74, 6) is 1.55. The van der Waals surface area contributed by atoms with Gasteiger partial charge in [-0.25, -0.2) is 0 Å². The lowest BCUT2D eigenvalue weighted by atomic mass is 9.71. The van der Waals surface area contributed by atoms with Gasteiger partial charge in [0.05, 0.1) is 0 Å². The van der Waals surface area contributed by atoms with E-state index < -0.39 is 0 Å². The highest BCUT2D eigenvalue weighted by atomic mass is 14.9. The van der Waals surface area contributed by atoms with Crippen molar-refractivity contribution < 1.29 is 0 Å². The largest absolute Gasteiger partial charge is 0.316 e. The zero-order chi connectivity index (χ0) is 14.0. The maximum atomic E-state index is 3.52. The van der Waals surface area contributed by atoms with Crippen LogP contribution in [0, 0.1) is 5.41 Å². The highest BCUT2D eigenvalue weighted by Crippen LogP contribution is 2.42. The summed E-state index contributed by atoms with van der Waals surface area (Å²) >= 11 is 0. The molecule has 1 heterocycles. The molecule has 0 amide bonds. The van der Waals surface area contributed by atoms with Crippen molar-refractivity contribution in [3.63, 3.8) is 0 Å². The van der Waals surface area contributed by atoms with E-state index in [-0.39, 0.29) is 0 Å². The molecule has 1 saturated heterocycles. The Bertz CT molecular complexity index is 416. The van der Waals surface area contributed by atoms with Crippen LogP contribution in [-0.4, -0.2) is 13.1 Å². The number of rotatable bonds is 2. The molecule has 1 atom stereocenters. The molecule has 1 aliphatic heterocycles. The zero-order valence-electron chi connectivity index (χ0n) is 13.1. The molecule has 0 spiro atoms. The summed E-state index contributed by atoms with van der Waals surface area (Å²) in [4.78, 5) is 0. The minimum atomic E-state index is 0.574. The van der Waals surface area contributed by atoms with Gasteiger partial charge in [0.15, 0.2) is 0 Å². The van der Waals surface area contributed by atoms with Gasteiger partial charge in [-0.15, -0.1) is 0 Å². The lowest BCUT2D eigenvalue weighted by Crippen LogP contribution is -2.28. The molecule has 0 radical (unpaired) electrons. The predicted octanol–water partition coefficient (Wildman–Crippen LogP) is 4.84. The van der Waals surface area contributed by atoms with Crippen LogP contribution in [0.2, 0.25) is 0 Å². The summed E-state index contributed by atoms with van der Waals surface area (Å²) in [6.07, 6.45) is 8.18. The van der Waals surface area contributed by atoms with Crippen LogP contribution in [-0.2, 0) is 0 Å². The van der Waals surface area contributed by atoms with Gasteiger partial charge in [-0.1, -0.05) is 38.1 Å². The van der Waals surface area contributed by atoms with Crippen molar-refractivity contribution in [1.82, 2.24) is 5.32 Å². The molecule has 1 saturated carbocycles. The van der Waals surface area contributed by atoms with Crippen molar-refractivity contribution in [3.8, 4) is 0 Å². The third-order valence-corrected chi connectivity index (χ3v) is 5.52. The van der Waals surface area contributed by atoms with E-state index in [2.05, 4.69) is 43.4 Å². The van der Waals surface area contributed by atoms with E-state index in [0.717, 1.165) is 18.4 Å². The lowest BCUT2D eigenvalue weighted by molar-refractivity contribution is 0.224. The van der Waals surface area contributed by atoms with Crippen molar-refractivity contribution in [2.75, 3.05) is 13.1 Å². The van der Waals surface area contributed by atoms with Gasteiger partial charge < -0.3 is 5.32 Å². The van der Waals surface area contributed by atoms with Crippen LogP contribution >= 0.6 is 0 Å². The first kappa shape index (κ1) is 14.1. The smallest absolute Gasteiger partial charge is 0.00201 e. The van der Waals surface area contributed by atoms with Crippen LogP contribution in [0.3, 0.4) is 0 Å². The Balaban J connectivity index is 1.64. The maximum Gasteiger partial charge on any atom is 0.00201 e. The minimum absolute atomic E-state index is 0.574. The Morgan fingerprint density at radius 3 is 2.05 bits per heavy atom. The van der Waals surface area contributed by atoms with Crippen molar-refractivity contribution >= 4 is 0 Å². The molecule has 2 fully saturated rings. The average Bonchev–Trinajstić information content (AvgIpc) is 2.48. The molecular formula is C19H29N. The highest BCUT2D eigenvalue weighted by molar-refractivity contribution is 5.28. The summed E-state index contributed by atoms with van der Waals surface area (Å²) in [5.41, 5.74) is 3.69. The number of benzene rings is 1. The summed E-state index contributed by atoms with van der Waals surface area (Å²) in [6, 6.07) is 9.61. The van der Waals surface area contributed by atoms with E-state index in [9.17, 15) is 0 Å². The van der Waals surface area contributed by atoms with Crippen LogP contribution in [0.1, 0.15) is 75.3 Å². The third kappa shape index (κ3) is 3.25. The summed E-state index contributed by atoms with van der Waals surface area (Å²) in [6.45, 7) is 7.20. The molecule has 1 N–H and O–H groups in total. The third-order valence-electron chi connectivity index (χ3n) is 5.52. The van der Waals surface area contributed by atoms with Gasteiger partial charge in [-0.3, -0.25) is 0 Å². The molecule has 1 nitrogen and oxygen atoms in total. The molecule has 1 aromatic carbocycles. The Morgan fingerprint density at radius 1 is 0.900 bits per heavy atom. The highest BCUT2D eigenvalue weighted by Gasteiger charge is 2.27. The molecule has 1 heteroatoms. The van der Waals surface area contributed by atoms with Crippen molar-refractivity contribution in [2.24, 2.45) is 5.41 Å². The molecule has 1 aromatic rings. The van der Waals surface area contributed by atoms with Crippen molar-refractivity contribution in [2.45, 2.75) is 64.2 Å². The Morgan fingerprint density at radius 2 is 1.50 bits per heavy atom. The number of nitrogens with one attached hydrogen (secondary N) is 1. The minimum Gasteiger partial charge on any atom is -0.316 e. The van der Waals surface area contributed by atoms with E-state index in [1.54, 1.807) is 5.56 Å². The molecule has 2 aliphatic rings. The van der Waals surface area contributed by atoms with Crippen LogP contribution in [0.15, 0.2) is 24.3 Å². The van der Waals surface area contributed by atoms with Gasteiger partial charge in [0.2, 0.25) is 0 Å². The average molecular weight is 271 g/mol. The molecule has 20 heavy (non-hydrogen) atoms. The van der Waals surface area contributed by atoms with E-state index in [0.29, 0.717) is 5.41 Å². The molecule has 1 aliphatic carbocycles. The SMILES string of the molecule is CC1(C)CCC(c2ccc(C3CCCNC3)cc2)CC1. The first-order valence-corrected chi connectivity index (χ1v) is 8.45. The van der Waals surface area contributed by atoms with Crippen LogP contribution in [0.25, 0.3) is 0 Å². The zero-order valence-corrected chi connectivity index (χ0v) is 13.1. The quantitative estimate of drug-likeness (QED) is 0.811. The van der Waals surface area contributed by atoms with E-state index in [1.807, 2.05) is 0 Å². The van der Waals surface area contributed by atoms with Gasteiger partial charge in [0, 0.05) is 6.54 Å². The predicted molar refractivity (Wildman–Crippen MR) is 86.3 cm³/mol. The van der Waals surface area contributed by atoms with Gasteiger partial charge in [0.1, 0.15) is 0 Å². The lowest BCUT2D eigenvalue weighted by Gasteiger charge is -2.34. The fourth-order valence-electron chi connectivity index (χ4n) is 3.91. The van der Waals surface area contributed by atoms with Crippen LogP contribution in [0.4, 0.5) is 0 Å². The van der Waals surface area contributed by atoms with Crippen LogP contribution < -0.4 is 5.32 Å². The number of hydrogen-bond donors (Lipinski definition) is 1. The molecule has 1 unspecified atom stereocenters. The van der Waals surface area contributed by atoms with E-state index in [4.69, 9.17) is 0 Å². The summed E-state index contributed by atoms with van der Waals surface area (Å²) in [5, 5.41) is 3.52. The molecular weight excluding hydrogens is 242 g/mol. The topological polar surface area (TPSA) is 12.0 Å². The van der Waals surface area contributed by atoms with E-state index >= 15 is 0 Å². The maximum absolute atomic E-state index is 3.52. The van der Waals surface area contributed by atoms with Gasteiger partial charge in [-0.05, 0) is 73.4 Å². The first-order chi connectivity index (χ1) is 9.64. The monoisotopic (exact) mass is 271 g/mol. The van der Waals surface area contributed by atoms with Gasteiger partial charge >= 0.3 is 0 Å².